The van der Waals surface area contributed by atoms with Crippen LogP contribution < -0.4 is 0 Å². The number of ether oxygens (including phenoxy) is 1. The predicted molar refractivity (Wildman–Crippen MR) is 84.8 cm³/mol. The Morgan fingerprint density at radius 3 is 2.91 bits per heavy atom. The largest absolute Gasteiger partial charge is 0.463 e. The summed E-state index contributed by atoms with van der Waals surface area (Å²) in [6.45, 7) is 1.31. The highest BCUT2D eigenvalue weighted by Crippen LogP contribution is 2.23. The number of hydrogen-bond donors (Lipinski definition) is 0. The summed E-state index contributed by atoms with van der Waals surface area (Å²) < 4.78 is 11.1. The standard InChI is InChI=1S/C16H16N2O3S/c1-18(9-11-7-8-21-15(11)16(19)20-2)10-14-17-12-5-3-4-6-13(12)22-14/h3-8H,9-10H2,1-2H3. The number of benzene rings is 1. The molecule has 22 heavy (non-hydrogen) atoms. The third-order valence-electron chi connectivity index (χ3n) is 3.30. The lowest BCUT2D eigenvalue weighted by Gasteiger charge is -2.14. The molecule has 0 N–H and O–H groups in total. The molecule has 0 aliphatic carbocycles. The molecular formula is C16H16N2O3S. The summed E-state index contributed by atoms with van der Waals surface area (Å²) in [6, 6.07) is 9.88. The summed E-state index contributed by atoms with van der Waals surface area (Å²) in [6.07, 6.45) is 1.51. The van der Waals surface area contributed by atoms with Crippen molar-refractivity contribution < 1.29 is 13.9 Å². The zero-order chi connectivity index (χ0) is 15.5. The van der Waals surface area contributed by atoms with Gasteiger partial charge in [0, 0.05) is 12.1 Å². The average molecular weight is 316 g/mol. The van der Waals surface area contributed by atoms with E-state index in [9.17, 15) is 4.79 Å². The van der Waals surface area contributed by atoms with Gasteiger partial charge in [-0.2, -0.15) is 0 Å². The van der Waals surface area contributed by atoms with E-state index in [1.165, 1.54) is 18.1 Å². The van der Waals surface area contributed by atoms with Crippen LogP contribution in [0, 0.1) is 0 Å². The van der Waals surface area contributed by atoms with Crippen LogP contribution in [0.2, 0.25) is 0 Å². The molecule has 2 aromatic heterocycles. The lowest BCUT2D eigenvalue weighted by Crippen LogP contribution is -2.18. The SMILES string of the molecule is COC(=O)c1occc1CN(C)Cc1nc2ccccc2s1. The van der Waals surface area contributed by atoms with Crippen LogP contribution in [-0.2, 0) is 17.8 Å². The molecule has 0 bridgehead atoms. The van der Waals surface area contributed by atoms with E-state index in [4.69, 9.17) is 9.15 Å². The Balaban J connectivity index is 1.71. The summed E-state index contributed by atoms with van der Waals surface area (Å²) in [4.78, 5) is 18.3. The first-order valence-electron chi connectivity index (χ1n) is 6.85. The highest BCUT2D eigenvalue weighted by molar-refractivity contribution is 7.18. The van der Waals surface area contributed by atoms with E-state index in [1.54, 1.807) is 17.4 Å². The normalized spacial score (nSPS) is 11.2. The molecular weight excluding hydrogens is 300 g/mol. The molecule has 1 aromatic carbocycles. The Labute approximate surface area is 132 Å². The Morgan fingerprint density at radius 2 is 2.14 bits per heavy atom. The Hall–Kier alpha value is -2.18. The number of methoxy groups -OCH3 is 1. The molecule has 0 saturated heterocycles. The van der Waals surface area contributed by atoms with Gasteiger partial charge in [-0.05, 0) is 25.2 Å². The molecule has 0 saturated carbocycles. The monoisotopic (exact) mass is 316 g/mol. The van der Waals surface area contributed by atoms with Crippen LogP contribution in [0.4, 0.5) is 0 Å². The van der Waals surface area contributed by atoms with Crippen LogP contribution in [0.5, 0.6) is 0 Å². The lowest BCUT2D eigenvalue weighted by atomic mass is 10.2. The van der Waals surface area contributed by atoms with Crippen LogP contribution in [0.25, 0.3) is 10.2 Å². The van der Waals surface area contributed by atoms with Crippen molar-refractivity contribution in [2.75, 3.05) is 14.2 Å². The molecule has 0 fully saturated rings. The summed E-state index contributed by atoms with van der Waals surface area (Å²) in [7, 11) is 3.33. The van der Waals surface area contributed by atoms with Gasteiger partial charge in [-0.1, -0.05) is 12.1 Å². The number of rotatable bonds is 5. The van der Waals surface area contributed by atoms with Crippen LogP contribution in [0.15, 0.2) is 41.0 Å². The first kappa shape index (κ1) is 14.7. The van der Waals surface area contributed by atoms with Crippen molar-refractivity contribution in [3.8, 4) is 0 Å². The van der Waals surface area contributed by atoms with Crippen molar-refractivity contribution in [2.45, 2.75) is 13.1 Å². The highest BCUT2D eigenvalue weighted by Gasteiger charge is 2.17. The summed E-state index contributed by atoms with van der Waals surface area (Å²) in [5.74, 6) is -0.188. The van der Waals surface area contributed by atoms with Gasteiger partial charge in [0.15, 0.2) is 0 Å². The fraction of sp³-hybridized carbons (Fsp3) is 0.250. The van der Waals surface area contributed by atoms with Gasteiger partial charge in [-0.25, -0.2) is 9.78 Å². The van der Waals surface area contributed by atoms with Crippen molar-refractivity contribution in [2.24, 2.45) is 0 Å². The molecule has 0 radical (unpaired) electrons. The molecule has 3 rings (SSSR count). The number of thiazole rings is 1. The second-order valence-corrected chi connectivity index (χ2v) is 6.13. The smallest absolute Gasteiger partial charge is 0.374 e. The van der Waals surface area contributed by atoms with E-state index in [1.807, 2.05) is 25.2 Å². The number of carbonyl (C=O) groups is 1. The van der Waals surface area contributed by atoms with Gasteiger partial charge in [0.2, 0.25) is 5.76 Å². The Morgan fingerprint density at radius 1 is 1.32 bits per heavy atom. The number of esters is 1. The van der Waals surface area contributed by atoms with E-state index < -0.39 is 5.97 Å². The zero-order valence-corrected chi connectivity index (χ0v) is 13.2. The Kier molecular flexibility index (Phi) is 4.22. The van der Waals surface area contributed by atoms with E-state index in [0.717, 1.165) is 16.1 Å². The first-order chi connectivity index (χ1) is 10.7. The minimum atomic E-state index is -0.451. The van der Waals surface area contributed by atoms with Gasteiger partial charge < -0.3 is 9.15 Å². The fourth-order valence-corrected chi connectivity index (χ4v) is 3.34. The summed E-state index contributed by atoms with van der Waals surface area (Å²) in [5.41, 5.74) is 1.84. The predicted octanol–water partition coefficient (Wildman–Crippen LogP) is 3.31. The number of para-hydroxylation sites is 1. The first-order valence-corrected chi connectivity index (χ1v) is 7.66. The number of fused-ring (bicyclic) bond motifs is 1. The van der Waals surface area contributed by atoms with Crippen molar-refractivity contribution in [1.29, 1.82) is 0 Å². The van der Waals surface area contributed by atoms with Crippen LogP contribution in [0.1, 0.15) is 21.1 Å². The molecule has 0 aliphatic heterocycles. The van der Waals surface area contributed by atoms with Crippen molar-refractivity contribution in [1.82, 2.24) is 9.88 Å². The van der Waals surface area contributed by atoms with Crippen LogP contribution in [0.3, 0.4) is 0 Å². The maximum atomic E-state index is 11.6. The van der Waals surface area contributed by atoms with Crippen molar-refractivity contribution in [3.63, 3.8) is 0 Å². The number of carbonyl (C=O) groups excluding carboxylic acids is 1. The van der Waals surface area contributed by atoms with Gasteiger partial charge in [0.1, 0.15) is 5.01 Å². The minimum Gasteiger partial charge on any atom is -0.463 e. The van der Waals surface area contributed by atoms with Gasteiger partial charge >= 0.3 is 5.97 Å². The quantitative estimate of drug-likeness (QED) is 0.676. The molecule has 0 unspecified atom stereocenters. The lowest BCUT2D eigenvalue weighted by molar-refractivity contribution is 0.0562. The third kappa shape index (κ3) is 3.03. The van der Waals surface area contributed by atoms with Gasteiger partial charge in [-0.15, -0.1) is 11.3 Å². The molecule has 0 amide bonds. The topological polar surface area (TPSA) is 55.6 Å². The molecule has 5 nitrogen and oxygen atoms in total. The Bertz CT molecular complexity index is 760. The van der Waals surface area contributed by atoms with Crippen molar-refractivity contribution >= 4 is 27.5 Å². The van der Waals surface area contributed by atoms with E-state index in [0.29, 0.717) is 13.1 Å². The van der Waals surface area contributed by atoms with Gasteiger partial charge in [0.25, 0.3) is 0 Å². The highest BCUT2D eigenvalue weighted by atomic mass is 32.1. The van der Waals surface area contributed by atoms with E-state index in [-0.39, 0.29) is 5.76 Å². The van der Waals surface area contributed by atoms with E-state index in [2.05, 4.69) is 16.0 Å². The number of furan rings is 1. The van der Waals surface area contributed by atoms with Crippen LogP contribution in [-0.4, -0.2) is 30.0 Å². The summed E-state index contributed by atoms with van der Waals surface area (Å²) >= 11 is 1.69. The number of hydrogen-bond acceptors (Lipinski definition) is 6. The summed E-state index contributed by atoms with van der Waals surface area (Å²) in [5, 5.41) is 1.05. The fourth-order valence-electron chi connectivity index (χ4n) is 2.30. The molecule has 0 aliphatic rings. The second-order valence-electron chi connectivity index (χ2n) is 5.01. The minimum absolute atomic E-state index is 0.263. The molecule has 2 heterocycles. The third-order valence-corrected chi connectivity index (χ3v) is 4.32. The maximum Gasteiger partial charge on any atom is 0.374 e. The number of aromatic nitrogens is 1. The van der Waals surface area contributed by atoms with Gasteiger partial charge in [0.05, 0.1) is 30.1 Å². The zero-order valence-electron chi connectivity index (χ0n) is 12.4. The molecule has 0 atom stereocenters. The molecule has 6 heteroatoms. The molecule has 0 spiro atoms. The van der Waals surface area contributed by atoms with E-state index >= 15 is 0 Å². The number of nitrogens with zero attached hydrogens (tertiary/aromatic N) is 2. The second kappa shape index (κ2) is 6.29. The molecule has 114 valence electrons. The van der Waals surface area contributed by atoms with Crippen LogP contribution >= 0.6 is 11.3 Å². The molecule has 3 aromatic rings. The average Bonchev–Trinajstić information content (AvgIpc) is 3.12. The van der Waals surface area contributed by atoms with Gasteiger partial charge in [-0.3, -0.25) is 4.90 Å². The maximum absolute atomic E-state index is 11.6. The van der Waals surface area contributed by atoms with Crippen molar-refractivity contribution in [3.05, 3.63) is 52.9 Å².